The molecule has 2 unspecified atom stereocenters. The fourth-order valence-electron chi connectivity index (χ4n) is 5.34. The maximum atomic E-state index is 13.5. The number of pyridine rings is 1. The lowest BCUT2D eigenvalue weighted by molar-refractivity contribution is -0.137. The molecule has 0 radical (unpaired) electrons. The summed E-state index contributed by atoms with van der Waals surface area (Å²) in [5.41, 5.74) is 6.49. The Morgan fingerprint density at radius 1 is 0.865 bits per heavy atom. The summed E-state index contributed by atoms with van der Waals surface area (Å²) in [4.78, 5) is 6.71. The number of rotatable bonds is 4. The molecule has 1 aliphatic rings. The van der Waals surface area contributed by atoms with Gasteiger partial charge in [0.1, 0.15) is 0 Å². The molecule has 1 saturated heterocycles. The molecule has 4 nitrogen and oxygen atoms in total. The third kappa shape index (κ3) is 4.62. The topological polar surface area (TPSA) is 33.1 Å². The van der Waals surface area contributed by atoms with E-state index in [9.17, 15) is 13.2 Å². The largest absolute Gasteiger partial charge is 0.416 e. The van der Waals surface area contributed by atoms with Gasteiger partial charge in [-0.2, -0.15) is 13.2 Å². The molecule has 5 rings (SSSR count). The van der Waals surface area contributed by atoms with Crippen molar-refractivity contribution in [2.45, 2.75) is 46.0 Å². The quantitative estimate of drug-likeness (QED) is 0.286. The second kappa shape index (κ2) is 9.34. The van der Waals surface area contributed by atoms with Crippen LogP contribution < -0.4 is 10.2 Å². The molecule has 1 N–H and O–H groups in total. The fraction of sp³-hybridized carbons (Fsp3) is 0.241. The molecule has 0 spiro atoms. The zero-order valence-electron chi connectivity index (χ0n) is 21.0. The first-order valence-electron chi connectivity index (χ1n) is 12.0. The van der Waals surface area contributed by atoms with Gasteiger partial charge in [0.05, 0.1) is 23.3 Å². The monoisotopic (exact) mass is 520 g/mol. The number of anilines is 1. The Hall–Kier alpha value is -3.65. The van der Waals surface area contributed by atoms with Gasteiger partial charge < -0.3 is 14.8 Å². The Kier molecular flexibility index (Phi) is 6.31. The molecular formula is C29H27F3N4S. The summed E-state index contributed by atoms with van der Waals surface area (Å²) in [6.07, 6.45) is -2.66. The van der Waals surface area contributed by atoms with Crippen LogP contribution in [0.3, 0.4) is 0 Å². The minimum absolute atomic E-state index is 0.245. The van der Waals surface area contributed by atoms with Crippen molar-refractivity contribution in [3.63, 3.8) is 0 Å². The van der Waals surface area contributed by atoms with Crippen LogP contribution in [-0.4, -0.2) is 14.7 Å². The van der Waals surface area contributed by atoms with Gasteiger partial charge in [-0.05, 0) is 105 Å². The van der Waals surface area contributed by atoms with E-state index >= 15 is 0 Å². The second-order valence-electron chi connectivity index (χ2n) is 9.55. The molecule has 0 aliphatic carbocycles. The van der Waals surface area contributed by atoms with Crippen molar-refractivity contribution in [3.8, 4) is 5.69 Å². The number of benzene rings is 2. The van der Waals surface area contributed by atoms with Crippen LogP contribution in [0.5, 0.6) is 0 Å². The molecule has 0 amide bonds. The van der Waals surface area contributed by atoms with E-state index < -0.39 is 11.7 Å². The van der Waals surface area contributed by atoms with Gasteiger partial charge in [0.25, 0.3) is 0 Å². The van der Waals surface area contributed by atoms with Gasteiger partial charge in [-0.15, -0.1) is 0 Å². The van der Waals surface area contributed by atoms with Gasteiger partial charge in [-0.1, -0.05) is 18.2 Å². The SMILES string of the molecule is Cc1cc(C)cc(N2C(=S)NC(c3ccccn3)C2c2cc(C)n(-c3cccc(C(F)(F)F)c3)c2C)c1. The normalized spacial score (nSPS) is 17.8. The van der Waals surface area contributed by atoms with Crippen LogP contribution in [0, 0.1) is 27.7 Å². The van der Waals surface area contributed by atoms with E-state index in [1.54, 1.807) is 12.3 Å². The van der Waals surface area contributed by atoms with Crippen LogP contribution in [0.15, 0.2) is 72.9 Å². The number of nitrogens with one attached hydrogen (secondary N) is 1. The molecule has 2 aromatic heterocycles. The average molecular weight is 521 g/mol. The number of alkyl halides is 3. The van der Waals surface area contributed by atoms with Crippen molar-refractivity contribution in [3.05, 3.63) is 112 Å². The molecule has 190 valence electrons. The van der Waals surface area contributed by atoms with Crippen molar-refractivity contribution < 1.29 is 13.2 Å². The Labute approximate surface area is 219 Å². The van der Waals surface area contributed by atoms with Crippen molar-refractivity contribution >= 4 is 23.0 Å². The molecule has 0 saturated carbocycles. The summed E-state index contributed by atoms with van der Waals surface area (Å²) in [5.74, 6) is 0. The molecule has 3 heterocycles. The van der Waals surface area contributed by atoms with Gasteiger partial charge >= 0.3 is 6.18 Å². The van der Waals surface area contributed by atoms with E-state index in [1.807, 2.05) is 56.5 Å². The van der Waals surface area contributed by atoms with Crippen LogP contribution in [0.2, 0.25) is 0 Å². The maximum absolute atomic E-state index is 13.5. The summed E-state index contributed by atoms with van der Waals surface area (Å²) in [6.45, 7) is 7.95. The van der Waals surface area contributed by atoms with E-state index in [4.69, 9.17) is 12.2 Å². The van der Waals surface area contributed by atoms with Crippen LogP contribution in [-0.2, 0) is 6.18 Å². The first kappa shape index (κ1) is 25.0. The summed E-state index contributed by atoms with van der Waals surface area (Å²) >= 11 is 5.85. The zero-order valence-corrected chi connectivity index (χ0v) is 21.8. The standard InChI is InChI=1S/C29H27F3N4S/c1-17-12-18(2)14-23(13-17)36-27(26(34-28(36)37)25-10-5-6-11-33-25)24-15-19(3)35(20(24)4)22-9-7-8-21(16-22)29(30,31)32/h5-16,26-27H,1-4H3,(H,34,37). The Balaban J connectivity index is 1.69. The van der Waals surface area contributed by atoms with E-state index in [2.05, 4.69) is 33.4 Å². The van der Waals surface area contributed by atoms with Crippen molar-refractivity contribution in [2.75, 3.05) is 4.90 Å². The lowest BCUT2D eigenvalue weighted by Crippen LogP contribution is -2.29. The van der Waals surface area contributed by atoms with Gasteiger partial charge in [-0.3, -0.25) is 4.98 Å². The van der Waals surface area contributed by atoms with E-state index in [0.717, 1.165) is 45.5 Å². The van der Waals surface area contributed by atoms with Crippen LogP contribution in [0.1, 0.15) is 51.4 Å². The number of halogens is 3. The highest BCUT2D eigenvalue weighted by Gasteiger charge is 2.42. The molecular weight excluding hydrogens is 493 g/mol. The summed E-state index contributed by atoms with van der Waals surface area (Å²) in [7, 11) is 0. The summed E-state index contributed by atoms with van der Waals surface area (Å²) in [6, 6.07) is 19.1. The van der Waals surface area contributed by atoms with E-state index in [0.29, 0.717) is 10.8 Å². The summed E-state index contributed by atoms with van der Waals surface area (Å²) in [5, 5.41) is 4.05. The first-order valence-corrected chi connectivity index (χ1v) is 12.4. The number of hydrogen-bond donors (Lipinski definition) is 1. The minimum Gasteiger partial charge on any atom is -0.351 e. The Morgan fingerprint density at radius 3 is 2.24 bits per heavy atom. The molecule has 4 aromatic rings. The highest BCUT2D eigenvalue weighted by atomic mass is 32.1. The number of nitrogens with zero attached hydrogens (tertiary/aromatic N) is 3. The first-order chi connectivity index (χ1) is 17.5. The number of hydrogen-bond acceptors (Lipinski definition) is 2. The molecule has 1 aliphatic heterocycles. The van der Waals surface area contributed by atoms with Gasteiger partial charge in [0.2, 0.25) is 0 Å². The van der Waals surface area contributed by atoms with Crippen LogP contribution in [0.25, 0.3) is 5.69 Å². The second-order valence-corrected chi connectivity index (χ2v) is 9.94. The average Bonchev–Trinajstić information content (AvgIpc) is 3.33. The molecule has 37 heavy (non-hydrogen) atoms. The lowest BCUT2D eigenvalue weighted by Gasteiger charge is -2.29. The third-order valence-electron chi connectivity index (χ3n) is 6.80. The molecule has 2 aromatic carbocycles. The zero-order chi connectivity index (χ0) is 26.5. The number of aromatic nitrogens is 2. The Bertz CT molecular complexity index is 1460. The molecule has 1 fully saturated rings. The molecule has 8 heteroatoms. The Morgan fingerprint density at radius 2 is 1.59 bits per heavy atom. The molecule has 0 bridgehead atoms. The molecule has 2 atom stereocenters. The highest BCUT2D eigenvalue weighted by Crippen LogP contribution is 2.44. The minimum atomic E-state index is -4.42. The number of thiocarbonyl (C=S) groups is 1. The van der Waals surface area contributed by atoms with Gasteiger partial charge in [0.15, 0.2) is 5.11 Å². The highest BCUT2D eigenvalue weighted by molar-refractivity contribution is 7.80. The smallest absolute Gasteiger partial charge is 0.351 e. The third-order valence-corrected chi connectivity index (χ3v) is 7.12. The fourth-order valence-corrected chi connectivity index (χ4v) is 5.69. The van der Waals surface area contributed by atoms with Crippen molar-refractivity contribution in [1.29, 1.82) is 0 Å². The van der Waals surface area contributed by atoms with Gasteiger partial charge in [-0.25, -0.2) is 0 Å². The predicted octanol–water partition coefficient (Wildman–Crippen LogP) is 7.30. The van der Waals surface area contributed by atoms with Gasteiger partial charge in [0, 0.05) is 29.0 Å². The van der Waals surface area contributed by atoms with E-state index in [-0.39, 0.29) is 12.1 Å². The lowest BCUT2D eigenvalue weighted by atomic mass is 9.96. The summed E-state index contributed by atoms with van der Waals surface area (Å²) < 4.78 is 42.3. The predicted molar refractivity (Wildman–Crippen MR) is 144 cm³/mol. The van der Waals surface area contributed by atoms with Crippen LogP contribution in [0.4, 0.5) is 18.9 Å². The van der Waals surface area contributed by atoms with Crippen LogP contribution >= 0.6 is 12.2 Å². The van der Waals surface area contributed by atoms with Crippen molar-refractivity contribution in [1.82, 2.24) is 14.9 Å². The van der Waals surface area contributed by atoms with Crippen molar-refractivity contribution in [2.24, 2.45) is 0 Å². The van der Waals surface area contributed by atoms with E-state index in [1.165, 1.54) is 12.1 Å². The number of aryl methyl sites for hydroxylation is 3. The maximum Gasteiger partial charge on any atom is 0.416 e.